The van der Waals surface area contributed by atoms with Crippen LogP contribution in [0.4, 0.5) is 28.9 Å². The quantitative estimate of drug-likeness (QED) is 0.596. The third kappa shape index (κ3) is 4.14. The van der Waals surface area contributed by atoms with E-state index >= 15 is 0 Å². The third-order valence-electron chi connectivity index (χ3n) is 3.91. The maximum atomic E-state index is 13.9. The Bertz CT molecular complexity index is 1010. The Kier molecular flexibility index (Phi) is 5.37. The van der Waals surface area contributed by atoms with Crippen molar-refractivity contribution < 1.29 is 22.4 Å². The van der Waals surface area contributed by atoms with E-state index in [0.717, 1.165) is 17.4 Å². The fourth-order valence-electron chi connectivity index (χ4n) is 2.48. The molecule has 0 saturated heterocycles. The molecule has 0 aliphatic heterocycles. The van der Waals surface area contributed by atoms with Gasteiger partial charge < -0.3 is 10.2 Å². The Balaban J connectivity index is 1.89. The second-order valence-corrected chi connectivity index (χ2v) is 6.95. The van der Waals surface area contributed by atoms with E-state index in [0.29, 0.717) is 5.69 Å². The number of benzene rings is 2. The highest BCUT2D eigenvalue weighted by atomic mass is 32.1. The number of halogens is 4. The molecule has 1 amide bonds. The fraction of sp³-hybridized carbons (Fsp3) is 0.158. The lowest BCUT2D eigenvalue weighted by molar-refractivity contribution is -0.136. The Morgan fingerprint density at radius 1 is 1.14 bits per heavy atom. The van der Waals surface area contributed by atoms with Gasteiger partial charge in [-0.25, -0.2) is 9.37 Å². The number of carbonyl (C=O) groups excluding carboxylic acids is 1. The van der Waals surface area contributed by atoms with Gasteiger partial charge in [0, 0.05) is 30.7 Å². The minimum Gasteiger partial charge on any atom is -0.378 e. The second kappa shape index (κ2) is 7.59. The summed E-state index contributed by atoms with van der Waals surface area (Å²) in [6.07, 6.45) is -4.64. The zero-order chi connectivity index (χ0) is 20.5. The molecule has 0 radical (unpaired) electrons. The fourth-order valence-corrected chi connectivity index (χ4v) is 3.30. The van der Waals surface area contributed by atoms with E-state index in [4.69, 9.17) is 0 Å². The molecule has 1 heterocycles. The van der Waals surface area contributed by atoms with Crippen LogP contribution in [-0.2, 0) is 6.18 Å². The number of hydrogen-bond acceptors (Lipinski definition) is 4. The van der Waals surface area contributed by atoms with Gasteiger partial charge in [-0.05, 0) is 30.3 Å². The van der Waals surface area contributed by atoms with Crippen LogP contribution in [0.2, 0.25) is 0 Å². The third-order valence-corrected chi connectivity index (χ3v) is 4.79. The first-order chi connectivity index (χ1) is 13.2. The number of hydrogen-bond donors (Lipinski definition) is 1. The molecule has 0 atom stereocenters. The predicted molar refractivity (Wildman–Crippen MR) is 101 cm³/mol. The zero-order valence-corrected chi connectivity index (χ0v) is 15.7. The first kappa shape index (κ1) is 19.8. The SMILES string of the molecule is CN(C)c1ccc(NC(=O)c2csc(-c3ccccc3F)n2)c(C(F)(F)F)c1. The average molecular weight is 409 g/mol. The van der Waals surface area contributed by atoms with E-state index in [1.54, 1.807) is 20.2 Å². The number of alkyl halides is 3. The van der Waals surface area contributed by atoms with Crippen molar-refractivity contribution in [3.63, 3.8) is 0 Å². The molecule has 2 aromatic carbocycles. The van der Waals surface area contributed by atoms with Crippen LogP contribution in [0.1, 0.15) is 16.1 Å². The first-order valence-electron chi connectivity index (χ1n) is 8.07. The molecule has 0 aliphatic rings. The van der Waals surface area contributed by atoms with Crippen molar-refractivity contribution in [3.8, 4) is 10.6 Å². The first-order valence-corrected chi connectivity index (χ1v) is 8.95. The highest BCUT2D eigenvalue weighted by Gasteiger charge is 2.34. The number of nitrogens with zero attached hydrogens (tertiary/aromatic N) is 2. The molecule has 28 heavy (non-hydrogen) atoms. The van der Waals surface area contributed by atoms with Crippen LogP contribution < -0.4 is 10.2 Å². The molecule has 1 aromatic heterocycles. The summed E-state index contributed by atoms with van der Waals surface area (Å²) in [7, 11) is 3.24. The van der Waals surface area contributed by atoms with Crippen molar-refractivity contribution >= 4 is 28.6 Å². The standard InChI is InChI=1S/C19H15F4N3OS/c1-26(2)11-7-8-15(13(9-11)19(21,22)23)24-17(27)16-10-28-18(25-16)12-5-3-4-6-14(12)20/h3-10H,1-2H3,(H,24,27). The molecule has 0 spiro atoms. The summed E-state index contributed by atoms with van der Waals surface area (Å²) in [5, 5.41) is 3.89. The number of amides is 1. The number of anilines is 2. The molecule has 3 rings (SSSR count). The van der Waals surface area contributed by atoms with Crippen LogP contribution in [0.5, 0.6) is 0 Å². The summed E-state index contributed by atoms with van der Waals surface area (Å²) in [5.74, 6) is -1.30. The lowest BCUT2D eigenvalue weighted by Gasteiger charge is -2.18. The van der Waals surface area contributed by atoms with Crippen LogP contribution in [0.25, 0.3) is 10.6 Å². The maximum Gasteiger partial charge on any atom is 0.418 e. The molecule has 0 bridgehead atoms. The van der Waals surface area contributed by atoms with E-state index in [1.807, 2.05) is 0 Å². The van der Waals surface area contributed by atoms with E-state index in [1.165, 1.54) is 40.6 Å². The zero-order valence-electron chi connectivity index (χ0n) is 14.8. The average Bonchev–Trinajstić information content (AvgIpc) is 3.11. The van der Waals surface area contributed by atoms with Gasteiger partial charge in [0.25, 0.3) is 5.91 Å². The summed E-state index contributed by atoms with van der Waals surface area (Å²) in [6, 6.07) is 9.55. The van der Waals surface area contributed by atoms with Crippen molar-refractivity contribution in [2.45, 2.75) is 6.18 Å². The number of thiazole rings is 1. The van der Waals surface area contributed by atoms with Crippen molar-refractivity contribution in [2.75, 3.05) is 24.3 Å². The van der Waals surface area contributed by atoms with Crippen LogP contribution in [0, 0.1) is 5.82 Å². The lowest BCUT2D eigenvalue weighted by atomic mass is 10.1. The minimum atomic E-state index is -4.64. The van der Waals surface area contributed by atoms with Crippen molar-refractivity contribution in [2.24, 2.45) is 0 Å². The molecule has 9 heteroatoms. The topological polar surface area (TPSA) is 45.2 Å². The number of carbonyl (C=O) groups is 1. The van der Waals surface area contributed by atoms with Gasteiger partial charge in [-0.1, -0.05) is 12.1 Å². The molecule has 0 fully saturated rings. The van der Waals surface area contributed by atoms with Gasteiger partial charge >= 0.3 is 6.18 Å². The molecular weight excluding hydrogens is 394 g/mol. The van der Waals surface area contributed by atoms with Gasteiger partial charge in [-0.3, -0.25) is 4.79 Å². The normalized spacial score (nSPS) is 11.4. The van der Waals surface area contributed by atoms with Crippen LogP contribution in [-0.4, -0.2) is 25.0 Å². The van der Waals surface area contributed by atoms with Gasteiger partial charge in [-0.2, -0.15) is 13.2 Å². The number of nitrogens with one attached hydrogen (secondary N) is 1. The molecule has 0 aliphatic carbocycles. The maximum absolute atomic E-state index is 13.9. The number of aromatic nitrogens is 1. The molecule has 4 nitrogen and oxygen atoms in total. The monoisotopic (exact) mass is 409 g/mol. The molecule has 146 valence electrons. The second-order valence-electron chi connectivity index (χ2n) is 6.09. The van der Waals surface area contributed by atoms with Gasteiger partial charge in [0.15, 0.2) is 0 Å². The van der Waals surface area contributed by atoms with E-state index in [9.17, 15) is 22.4 Å². The van der Waals surface area contributed by atoms with E-state index < -0.39 is 23.5 Å². The molecule has 0 saturated carbocycles. The Morgan fingerprint density at radius 2 is 1.86 bits per heavy atom. The van der Waals surface area contributed by atoms with Gasteiger partial charge in [0.05, 0.1) is 11.3 Å². The summed E-state index contributed by atoms with van der Waals surface area (Å²) in [6.45, 7) is 0. The van der Waals surface area contributed by atoms with Gasteiger partial charge in [0.1, 0.15) is 16.5 Å². The highest BCUT2D eigenvalue weighted by molar-refractivity contribution is 7.13. The van der Waals surface area contributed by atoms with Crippen molar-refractivity contribution in [1.29, 1.82) is 0 Å². The van der Waals surface area contributed by atoms with Crippen LogP contribution in [0.3, 0.4) is 0 Å². The highest BCUT2D eigenvalue weighted by Crippen LogP contribution is 2.37. The van der Waals surface area contributed by atoms with Crippen molar-refractivity contribution in [1.82, 2.24) is 4.98 Å². The van der Waals surface area contributed by atoms with E-state index in [-0.39, 0.29) is 22.0 Å². The minimum absolute atomic E-state index is 0.0898. The lowest BCUT2D eigenvalue weighted by Crippen LogP contribution is -2.18. The van der Waals surface area contributed by atoms with Gasteiger partial charge in [0.2, 0.25) is 0 Å². The van der Waals surface area contributed by atoms with E-state index in [2.05, 4.69) is 10.3 Å². The predicted octanol–water partition coefficient (Wildman–Crippen LogP) is 5.29. The Morgan fingerprint density at radius 3 is 2.50 bits per heavy atom. The summed E-state index contributed by atoms with van der Waals surface area (Å²) < 4.78 is 54.0. The molecule has 0 unspecified atom stereocenters. The Hall–Kier alpha value is -2.94. The van der Waals surface area contributed by atoms with Crippen molar-refractivity contribution in [3.05, 3.63) is 64.9 Å². The Labute approximate surface area is 162 Å². The molecule has 3 aromatic rings. The molecular formula is C19H15F4N3OS. The van der Waals surface area contributed by atoms with Crippen LogP contribution >= 0.6 is 11.3 Å². The summed E-state index contributed by atoms with van der Waals surface area (Å²) >= 11 is 1.03. The largest absolute Gasteiger partial charge is 0.418 e. The number of rotatable bonds is 4. The smallest absolute Gasteiger partial charge is 0.378 e. The van der Waals surface area contributed by atoms with Crippen LogP contribution in [0.15, 0.2) is 47.8 Å². The summed E-state index contributed by atoms with van der Waals surface area (Å²) in [4.78, 5) is 18.0. The van der Waals surface area contributed by atoms with Gasteiger partial charge in [-0.15, -0.1) is 11.3 Å². The molecule has 1 N–H and O–H groups in total. The summed E-state index contributed by atoms with van der Waals surface area (Å²) in [5.41, 5.74) is -0.855.